The highest BCUT2D eigenvalue weighted by Crippen LogP contribution is 2.32. The van der Waals surface area contributed by atoms with Crippen molar-refractivity contribution in [3.8, 4) is 17.0 Å². The van der Waals surface area contributed by atoms with Gasteiger partial charge in [0.1, 0.15) is 5.75 Å². The Balaban J connectivity index is 1.82. The fourth-order valence-corrected chi connectivity index (χ4v) is 3.83. The highest BCUT2D eigenvalue weighted by atomic mass is 35.5. The molecule has 0 aliphatic heterocycles. The minimum Gasteiger partial charge on any atom is -0.495 e. The molecule has 156 valence electrons. The largest absolute Gasteiger partial charge is 0.495 e. The van der Waals surface area contributed by atoms with E-state index in [0.717, 1.165) is 18.4 Å². The van der Waals surface area contributed by atoms with Gasteiger partial charge in [0.15, 0.2) is 5.16 Å². The molecule has 0 unspecified atom stereocenters. The lowest BCUT2D eigenvalue weighted by Gasteiger charge is -2.14. The lowest BCUT2D eigenvalue weighted by atomic mass is 10.0. The summed E-state index contributed by atoms with van der Waals surface area (Å²) in [6.07, 6.45) is 3.66. The van der Waals surface area contributed by atoms with Gasteiger partial charge >= 0.3 is 0 Å². The maximum atomic E-state index is 13.0. The molecule has 7 heteroatoms. The van der Waals surface area contributed by atoms with Gasteiger partial charge in [-0.05, 0) is 49.8 Å². The third kappa shape index (κ3) is 5.32. The van der Waals surface area contributed by atoms with Crippen LogP contribution in [0.25, 0.3) is 11.3 Å². The third-order valence-electron chi connectivity index (χ3n) is 4.67. The molecular formula is C23H24ClN3O2S. The maximum Gasteiger partial charge on any atom is 0.255 e. The van der Waals surface area contributed by atoms with Crippen LogP contribution in [0.3, 0.4) is 0 Å². The second-order valence-electron chi connectivity index (χ2n) is 6.71. The van der Waals surface area contributed by atoms with Crippen LogP contribution in [0.1, 0.15) is 28.0 Å². The van der Waals surface area contributed by atoms with Crippen molar-refractivity contribution in [3.63, 3.8) is 0 Å². The normalized spacial score (nSPS) is 10.7. The lowest BCUT2D eigenvalue weighted by molar-refractivity contribution is 0.0952. The summed E-state index contributed by atoms with van der Waals surface area (Å²) in [5, 5.41) is 4.08. The van der Waals surface area contributed by atoms with Crippen molar-refractivity contribution in [3.05, 3.63) is 70.4 Å². The van der Waals surface area contributed by atoms with Gasteiger partial charge in [-0.2, -0.15) is 0 Å². The van der Waals surface area contributed by atoms with Gasteiger partial charge in [-0.15, -0.1) is 0 Å². The molecule has 5 nitrogen and oxygen atoms in total. The monoisotopic (exact) mass is 441 g/mol. The number of thioether (sulfide) groups is 1. The van der Waals surface area contributed by atoms with E-state index < -0.39 is 0 Å². The molecule has 0 saturated carbocycles. The summed E-state index contributed by atoms with van der Waals surface area (Å²) in [5.74, 6) is 0.387. The number of rotatable bonds is 8. The molecule has 1 amide bonds. The number of benzene rings is 2. The van der Waals surface area contributed by atoms with Crippen molar-refractivity contribution < 1.29 is 9.53 Å². The number of aryl methyl sites for hydroxylation is 2. The van der Waals surface area contributed by atoms with Crippen LogP contribution in [-0.2, 0) is 6.42 Å². The number of amides is 1. The number of hydrogen-bond donors (Lipinski definition) is 1. The van der Waals surface area contributed by atoms with Crippen LogP contribution in [0.15, 0.2) is 53.7 Å². The molecule has 0 saturated heterocycles. The van der Waals surface area contributed by atoms with Gasteiger partial charge in [0.25, 0.3) is 5.91 Å². The van der Waals surface area contributed by atoms with Gasteiger partial charge in [0.2, 0.25) is 0 Å². The Bertz CT molecular complexity index is 1030. The molecule has 3 rings (SSSR count). The Hall–Kier alpha value is -2.57. The number of nitrogens with zero attached hydrogens (tertiary/aromatic N) is 2. The zero-order chi connectivity index (χ0) is 21.5. The van der Waals surface area contributed by atoms with Crippen molar-refractivity contribution in [1.82, 2.24) is 15.3 Å². The number of halogens is 1. The molecule has 0 radical (unpaired) electrons. The van der Waals surface area contributed by atoms with E-state index in [4.69, 9.17) is 16.3 Å². The van der Waals surface area contributed by atoms with Crippen LogP contribution >= 0.6 is 23.4 Å². The van der Waals surface area contributed by atoms with E-state index in [9.17, 15) is 4.79 Å². The molecular weight excluding hydrogens is 418 g/mol. The Morgan fingerprint density at radius 1 is 1.17 bits per heavy atom. The minimum atomic E-state index is -0.185. The Morgan fingerprint density at radius 2 is 1.93 bits per heavy atom. The van der Waals surface area contributed by atoms with Crippen molar-refractivity contribution in [2.45, 2.75) is 24.9 Å². The lowest BCUT2D eigenvalue weighted by Crippen LogP contribution is -2.27. The van der Waals surface area contributed by atoms with Gasteiger partial charge in [-0.1, -0.05) is 53.7 Å². The van der Waals surface area contributed by atoms with Crippen LogP contribution in [0.4, 0.5) is 0 Å². The summed E-state index contributed by atoms with van der Waals surface area (Å²) in [6, 6.07) is 15.6. The van der Waals surface area contributed by atoms with Gasteiger partial charge in [-0.25, -0.2) is 9.97 Å². The van der Waals surface area contributed by atoms with Gasteiger partial charge in [0, 0.05) is 12.1 Å². The van der Waals surface area contributed by atoms with Crippen LogP contribution in [-0.4, -0.2) is 35.8 Å². The van der Waals surface area contributed by atoms with Gasteiger partial charge < -0.3 is 10.1 Å². The highest BCUT2D eigenvalue weighted by Gasteiger charge is 2.20. The first-order valence-corrected chi connectivity index (χ1v) is 11.2. The standard InChI is InChI=1S/C23H24ClN3O2S/c1-15-20(22(28)25-13-7-10-16-8-5-4-6-9-16)21(27-23(26-15)30-3)17-11-12-19(29-2)18(24)14-17/h4-6,8-9,11-12,14H,7,10,13H2,1-3H3,(H,25,28). The molecule has 3 aromatic rings. The molecule has 1 aromatic heterocycles. The Labute approximate surface area is 186 Å². The van der Waals surface area contributed by atoms with Gasteiger partial charge in [0.05, 0.1) is 29.1 Å². The van der Waals surface area contributed by atoms with E-state index in [0.29, 0.717) is 39.4 Å². The predicted molar refractivity (Wildman–Crippen MR) is 123 cm³/mol. The van der Waals surface area contributed by atoms with E-state index in [1.54, 1.807) is 19.2 Å². The minimum absolute atomic E-state index is 0.185. The topological polar surface area (TPSA) is 64.1 Å². The van der Waals surface area contributed by atoms with Crippen LogP contribution < -0.4 is 10.1 Å². The second-order valence-corrected chi connectivity index (χ2v) is 7.89. The number of methoxy groups -OCH3 is 1. The van der Waals surface area contributed by atoms with Crippen molar-refractivity contribution in [2.75, 3.05) is 19.9 Å². The number of hydrogen-bond acceptors (Lipinski definition) is 5. The summed E-state index contributed by atoms with van der Waals surface area (Å²) in [5.41, 5.74) is 3.67. The molecule has 0 bridgehead atoms. The Kier molecular flexibility index (Phi) is 7.71. The summed E-state index contributed by atoms with van der Waals surface area (Å²) in [4.78, 5) is 22.1. The third-order valence-corrected chi connectivity index (χ3v) is 5.52. The summed E-state index contributed by atoms with van der Waals surface area (Å²) < 4.78 is 5.24. The van der Waals surface area contributed by atoms with Crippen molar-refractivity contribution in [1.29, 1.82) is 0 Å². The second kappa shape index (κ2) is 10.5. The summed E-state index contributed by atoms with van der Waals surface area (Å²) in [6.45, 7) is 2.40. The molecule has 1 N–H and O–H groups in total. The zero-order valence-electron chi connectivity index (χ0n) is 17.2. The number of carbonyl (C=O) groups excluding carboxylic acids is 1. The first-order valence-electron chi connectivity index (χ1n) is 9.62. The Morgan fingerprint density at radius 3 is 2.60 bits per heavy atom. The molecule has 0 aliphatic carbocycles. The fourth-order valence-electron chi connectivity index (χ4n) is 3.16. The highest BCUT2D eigenvalue weighted by molar-refractivity contribution is 7.98. The predicted octanol–water partition coefficient (Wildman–Crippen LogP) is 5.20. The van der Waals surface area contributed by atoms with E-state index in [-0.39, 0.29) is 5.91 Å². The molecule has 1 heterocycles. The van der Waals surface area contributed by atoms with Crippen LogP contribution in [0.2, 0.25) is 5.02 Å². The summed E-state index contributed by atoms with van der Waals surface area (Å²) in [7, 11) is 1.57. The molecule has 0 fully saturated rings. The number of nitrogens with one attached hydrogen (secondary N) is 1. The quantitative estimate of drug-likeness (QED) is 0.296. The van der Waals surface area contributed by atoms with Crippen molar-refractivity contribution in [2.24, 2.45) is 0 Å². The van der Waals surface area contributed by atoms with E-state index >= 15 is 0 Å². The first-order chi connectivity index (χ1) is 14.5. The first kappa shape index (κ1) is 22.1. The number of aromatic nitrogens is 2. The molecule has 30 heavy (non-hydrogen) atoms. The maximum absolute atomic E-state index is 13.0. The van der Waals surface area contributed by atoms with Crippen molar-refractivity contribution >= 4 is 29.3 Å². The zero-order valence-corrected chi connectivity index (χ0v) is 18.8. The molecule has 0 aliphatic rings. The van der Waals surface area contributed by atoms with E-state index in [1.807, 2.05) is 37.4 Å². The molecule has 2 aromatic carbocycles. The smallest absolute Gasteiger partial charge is 0.255 e. The fraction of sp³-hybridized carbons (Fsp3) is 0.261. The number of ether oxygens (including phenoxy) is 1. The SMILES string of the molecule is COc1ccc(-c2nc(SC)nc(C)c2C(=O)NCCCc2ccccc2)cc1Cl. The molecule has 0 atom stereocenters. The number of carbonyl (C=O) groups is 1. The summed E-state index contributed by atoms with van der Waals surface area (Å²) >= 11 is 7.74. The van der Waals surface area contributed by atoms with E-state index in [1.165, 1.54) is 17.3 Å². The van der Waals surface area contributed by atoms with Crippen LogP contribution in [0.5, 0.6) is 5.75 Å². The van der Waals surface area contributed by atoms with Gasteiger partial charge in [-0.3, -0.25) is 4.79 Å². The average molecular weight is 442 g/mol. The average Bonchev–Trinajstić information content (AvgIpc) is 2.76. The molecule has 0 spiro atoms. The van der Waals surface area contributed by atoms with Crippen LogP contribution in [0, 0.1) is 6.92 Å². The van der Waals surface area contributed by atoms with E-state index in [2.05, 4.69) is 27.4 Å².